The molecule has 1 heterocycles. The molecular formula is C9H7N3O. The number of nitrogens with one attached hydrogen (secondary N) is 1. The highest BCUT2D eigenvalue weighted by Gasteiger charge is 2.01. The Hall–Kier alpha value is -1.97. The van der Waals surface area contributed by atoms with Crippen molar-refractivity contribution in [3.8, 4) is 11.3 Å². The van der Waals surface area contributed by atoms with Crippen LogP contribution in [0.25, 0.3) is 11.3 Å². The van der Waals surface area contributed by atoms with Crippen molar-refractivity contribution in [2.45, 2.75) is 0 Å². The average Bonchev–Trinajstić information content (AvgIpc) is 2.20. The highest BCUT2D eigenvalue weighted by Crippen LogP contribution is 2.09. The summed E-state index contributed by atoms with van der Waals surface area (Å²) in [5.41, 5.74) is 0.926. The van der Waals surface area contributed by atoms with Gasteiger partial charge in [0.2, 0.25) is 0 Å². The van der Waals surface area contributed by atoms with Crippen molar-refractivity contribution in [2.75, 3.05) is 0 Å². The van der Waals surface area contributed by atoms with Gasteiger partial charge in [-0.2, -0.15) is 5.10 Å². The van der Waals surface area contributed by atoms with Crippen molar-refractivity contribution >= 4 is 0 Å². The molecule has 1 aromatic carbocycles. The van der Waals surface area contributed by atoms with Gasteiger partial charge >= 0.3 is 0 Å². The first-order valence-electron chi connectivity index (χ1n) is 3.83. The molecule has 0 radical (unpaired) electrons. The molecule has 64 valence electrons. The van der Waals surface area contributed by atoms with Crippen LogP contribution in [0.15, 0.2) is 41.5 Å². The lowest BCUT2D eigenvalue weighted by Gasteiger charge is -1.95. The van der Waals surface area contributed by atoms with Gasteiger partial charge in [0.1, 0.15) is 12.0 Å². The van der Waals surface area contributed by atoms with Gasteiger partial charge in [0.15, 0.2) is 0 Å². The van der Waals surface area contributed by atoms with Gasteiger partial charge in [-0.05, 0) is 0 Å². The summed E-state index contributed by atoms with van der Waals surface area (Å²) in [7, 11) is 0. The summed E-state index contributed by atoms with van der Waals surface area (Å²) in [6, 6.07) is 9.27. The van der Waals surface area contributed by atoms with Crippen LogP contribution in [0.2, 0.25) is 0 Å². The fourth-order valence-corrected chi connectivity index (χ4v) is 1.09. The Morgan fingerprint density at radius 2 is 1.92 bits per heavy atom. The predicted molar refractivity (Wildman–Crippen MR) is 48.1 cm³/mol. The van der Waals surface area contributed by atoms with Crippen LogP contribution in [0.4, 0.5) is 0 Å². The zero-order valence-corrected chi connectivity index (χ0v) is 6.77. The Kier molecular flexibility index (Phi) is 1.88. The third-order valence-corrected chi connectivity index (χ3v) is 1.67. The molecule has 0 aliphatic carbocycles. The van der Waals surface area contributed by atoms with E-state index in [-0.39, 0.29) is 5.56 Å². The maximum Gasteiger partial charge on any atom is 0.290 e. The van der Waals surface area contributed by atoms with Crippen LogP contribution in [0.5, 0.6) is 0 Å². The molecule has 0 atom stereocenters. The molecule has 0 fully saturated rings. The van der Waals surface area contributed by atoms with E-state index in [9.17, 15) is 4.79 Å². The lowest BCUT2D eigenvalue weighted by atomic mass is 10.2. The van der Waals surface area contributed by atoms with Crippen LogP contribution < -0.4 is 5.56 Å². The summed E-state index contributed by atoms with van der Waals surface area (Å²) in [5.74, 6) is 0. The summed E-state index contributed by atoms with van der Waals surface area (Å²) in [5, 5.41) is 5.85. The van der Waals surface area contributed by atoms with Gasteiger partial charge in [-0.25, -0.2) is 10.1 Å². The minimum Gasteiger partial charge on any atom is -0.266 e. The van der Waals surface area contributed by atoms with Crippen LogP contribution in [0, 0.1) is 0 Å². The SMILES string of the molecule is O=c1[nH]ncnc1-c1ccccc1. The summed E-state index contributed by atoms with van der Waals surface area (Å²) in [6.45, 7) is 0. The van der Waals surface area contributed by atoms with Crippen molar-refractivity contribution in [3.05, 3.63) is 47.0 Å². The van der Waals surface area contributed by atoms with Crippen LogP contribution in [-0.4, -0.2) is 15.2 Å². The summed E-state index contributed by atoms with van der Waals surface area (Å²) < 4.78 is 0. The quantitative estimate of drug-likeness (QED) is 0.694. The molecule has 2 aromatic rings. The highest BCUT2D eigenvalue weighted by molar-refractivity contribution is 5.56. The Morgan fingerprint density at radius 1 is 1.15 bits per heavy atom. The molecule has 1 N–H and O–H groups in total. The normalized spacial score (nSPS) is 9.85. The molecule has 0 saturated carbocycles. The predicted octanol–water partition coefficient (Wildman–Crippen LogP) is 0.832. The summed E-state index contributed by atoms with van der Waals surface area (Å²) in [4.78, 5) is 15.1. The number of hydrogen-bond acceptors (Lipinski definition) is 3. The van der Waals surface area contributed by atoms with Gasteiger partial charge in [0.05, 0.1) is 0 Å². The first-order valence-corrected chi connectivity index (χ1v) is 3.83. The van der Waals surface area contributed by atoms with E-state index < -0.39 is 0 Å². The minimum absolute atomic E-state index is 0.270. The maximum atomic E-state index is 11.2. The number of benzene rings is 1. The summed E-state index contributed by atoms with van der Waals surface area (Å²) in [6.07, 6.45) is 1.32. The van der Waals surface area contributed by atoms with Crippen LogP contribution in [-0.2, 0) is 0 Å². The third kappa shape index (κ3) is 1.46. The Labute approximate surface area is 74.3 Å². The molecule has 2 rings (SSSR count). The Bertz CT molecular complexity index is 450. The molecule has 0 aliphatic rings. The van der Waals surface area contributed by atoms with Crippen molar-refractivity contribution in [1.29, 1.82) is 0 Å². The minimum atomic E-state index is -0.270. The van der Waals surface area contributed by atoms with E-state index in [0.717, 1.165) is 5.56 Å². The molecule has 13 heavy (non-hydrogen) atoms. The van der Waals surface area contributed by atoms with Crippen molar-refractivity contribution < 1.29 is 0 Å². The second kappa shape index (κ2) is 3.18. The lowest BCUT2D eigenvalue weighted by molar-refractivity contribution is 0.936. The molecule has 0 aliphatic heterocycles. The first kappa shape index (κ1) is 7.67. The standard InChI is InChI=1S/C9H7N3O/c13-9-8(10-6-11-12-9)7-4-2-1-3-5-7/h1-6H,(H,12,13). The van der Waals surface area contributed by atoms with E-state index in [1.54, 1.807) is 0 Å². The third-order valence-electron chi connectivity index (χ3n) is 1.67. The molecule has 0 bridgehead atoms. The van der Waals surface area contributed by atoms with Crippen molar-refractivity contribution in [3.63, 3.8) is 0 Å². The van der Waals surface area contributed by atoms with E-state index in [0.29, 0.717) is 5.69 Å². The molecule has 0 unspecified atom stereocenters. The van der Waals surface area contributed by atoms with E-state index >= 15 is 0 Å². The molecule has 4 nitrogen and oxygen atoms in total. The van der Waals surface area contributed by atoms with E-state index in [2.05, 4.69) is 15.2 Å². The van der Waals surface area contributed by atoms with Gasteiger partial charge in [-0.3, -0.25) is 4.79 Å². The maximum absolute atomic E-state index is 11.2. The zero-order chi connectivity index (χ0) is 9.10. The molecule has 0 amide bonds. The lowest BCUT2D eigenvalue weighted by Crippen LogP contribution is -2.11. The van der Waals surface area contributed by atoms with Gasteiger partial charge in [-0.15, -0.1) is 0 Å². The molecule has 1 aromatic heterocycles. The number of hydrogen-bond donors (Lipinski definition) is 1. The Balaban J connectivity index is 2.60. The number of aromatic amines is 1. The van der Waals surface area contributed by atoms with Gasteiger partial charge in [0.25, 0.3) is 5.56 Å². The van der Waals surface area contributed by atoms with Crippen molar-refractivity contribution in [1.82, 2.24) is 15.2 Å². The fourth-order valence-electron chi connectivity index (χ4n) is 1.09. The van der Waals surface area contributed by atoms with Crippen LogP contribution >= 0.6 is 0 Å². The van der Waals surface area contributed by atoms with E-state index in [1.807, 2.05) is 30.3 Å². The molecule has 4 heteroatoms. The van der Waals surface area contributed by atoms with E-state index in [4.69, 9.17) is 0 Å². The van der Waals surface area contributed by atoms with Gasteiger partial charge in [-0.1, -0.05) is 30.3 Å². The van der Waals surface area contributed by atoms with Crippen LogP contribution in [0.1, 0.15) is 0 Å². The molecule has 0 spiro atoms. The number of rotatable bonds is 1. The largest absolute Gasteiger partial charge is 0.290 e. The smallest absolute Gasteiger partial charge is 0.266 e. The topological polar surface area (TPSA) is 58.6 Å². The Morgan fingerprint density at radius 3 is 2.62 bits per heavy atom. The average molecular weight is 173 g/mol. The van der Waals surface area contributed by atoms with Crippen LogP contribution in [0.3, 0.4) is 0 Å². The monoisotopic (exact) mass is 173 g/mol. The fraction of sp³-hybridized carbons (Fsp3) is 0. The van der Waals surface area contributed by atoms with Crippen molar-refractivity contribution in [2.24, 2.45) is 0 Å². The second-order valence-electron chi connectivity index (χ2n) is 2.53. The number of aromatic nitrogens is 3. The molecule has 0 saturated heterocycles. The van der Waals surface area contributed by atoms with E-state index in [1.165, 1.54) is 6.33 Å². The van der Waals surface area contributed by atoms with Gasteiger partial charge in [0, 0.05) is 5.56 Å². The highest BCUT2D eigenvalue weighted by atomic mass is 16.1. The summed E-state index contributed by atoms with van der Waals surface area (Å²) >= 11 is 0. The van der Waals surface area contributed by atoms with Gasteiger partial charge < -0.3 is 0 Å². The molecular weight excluding hydrogens is 166 g/mol. The first-order chi connectivity index (χ1) is 6.38. The number of H-pyrrole nitrogens is 1. The number of nitrogens with zero attached hydrogens (tertiary/aromatic N) is 2. The zero-order valence-electron chi connectivity index (χ0n) is 6.77. The second-order valence-corrected chi connectivity index (χ2v) is 2.53.